The normalized spacial score (nSPS) is 11.3. The molecule has 5 nitrogen and oxygen atoms in total. The Balaban J connectivity index is 2.41. The molecular weight excluding hydrogens is 270 g/mol. The van der Waals surface area contributed by atoms with E-state index in [1.807, 2.05) is 32.0 Å². The van der Waals surface area contributed by atoms with E-state index in [4.69, 9.17) is 16.3 Å². The number of terminal acetylenes is 1. The molecule has 0 saturated carbocycles. The van der Waals surface area contributed by atoms with E-state index >= 15 is 0 Å². The Kier molecular flexibility index (Phi) is 6.28. The summed E-state index contributed by atoms with van der Waals surface area (Å²) in [6.45, 7) is 4.16. The van der Waals surface area contributed by atoms with Gasteiger partial charge in [0.05, 0.1) is 13.0 Å². The number of rotatable bonds is 7. The van der Waals surface area contributed by atoms with E-state index in [2.05, 4.69) is 11.2 Å². The molecule has 0 aliphatic heterocycles. The van der Waals surface area contributed by atoms with Crippen LogP contribution in [-0.2, 0) is 9.59 Å². The van der Waals surface area contributed by atoms with Crippen LogP contribution in [0, 0.1) is 26.2 Å². The molecule has 1 rings (SSSR count). The van der Waals surface area contributed by atoms with Crippen LogP contribution < -0.4 is 10.1 Å². The average Bonchev–Trinajstić information content (AvgIpc) is 2.42. The lowest BCUT2D eigenvalue weighted by molar-refractivity contribution is -0.141. The van der Waals surface area contributed by atoms with Gasteiger partial charge in [-0.1, -0.05) is 6.07 Å². The van der Waals surface area contributed by atoms with Gasteiger partial charge in [0, 0.05) is 6.42 Å². The van der Waals surface area contributed by atoms with Crippen molar-refractivity contribution in [3.05, 3.63) is 29.3 Å². The SMILES string of the molecule is C#CCC(NC(=O)CCOc1ccc(C)c(C)c1)C(=O)O. The molecule has 0 spiro atoms. The highest BCUT2D eigenvalue weighted by Gasteiger charge is 2.18. The van der Waals surface area contributed by atoms with Gasteiger partial charge in [-0.15, -0.1) is 12.3 Å². The van der Waals surface area contributed by atoms with Crippen molar-refractivity contribution in [3.63, 3.8) is 0 Å². The van der Waals surface area contributed by atoms with Crippen LogP contribution in [0.15, 0.2) is 18.2 Å². The molecule has 1 aromatic rings. The smallest absolute Gasteiger partial charge is 0.327 e. The van der Waals surface area contributed by atoms with Crippen molar-refractivity contribution >= 4 is 11.9 Å². The fraction of sp³-hybridized carbons (Fsp3) is 0.375. The maximum atomic E-state index is 11.6. The minimum absolute atomic E-state index is 0.0426. The Morgan fingerprint density at radius 1 is 1.38 bits per heavy atom. The van der Waals surface area contributed by atoms with Gasteiger partial charge < -0.3 is 15.2 Å². The number of carboxylic acid groups (broad SMARTS) is 1. The van der Waals surface area contributed by atoms with Crippen LogP contribution >= 0.6 is 0 Å². The minimum Gasteiger partial charge on any atom is -0.493 e. The molecule has 0 bridgehead atoms. The number of ether oxygens (including phenoxy) is 1. The van der Waals surface area contributed by atoms with Gasteiger partial charge in [-0.25, -0.2) is 4.79 Å². The third-order valence-corrected chi connectivity index (χ3v) is 3.03. The number of nitrogens with one attached hydrogen (secondary N) is 1. The van der Waals surface area contributed by atoms with E-state index in [1.54, 1.807) is 0 Å². The first kappa shape index (κ1) is 16.6. The second-order valence-corrected chi connectivity index (χ2v) is 4.71. The second-order valence-electron chi connectivity index (χ2n) is 4.71. The third-order valence-electron chi connectivity index (χ3n) is 3.03. The molecule has 21 heavy (non-hydrogen) atoms. The molecule has 0 heterocycles. The van der Waals surface area contributed by atoms with Gasteiger partial charge in [0.25, 0.3) is 0 Å². The van der Waals surface area contributed by atoms with Gasteiger partial charge >= 0.3 is 5.97 Å². The molecule has 5 heteroatoms. The zero-order valence-electron chi connectivity index (χ0n) is 12.2. The van der Waals surface area contributed by atoms with Crippen molar-refractivity contribution in [1.29, 1.82) is 0 Å². The molecule has 0 saturated heterocycles. The molecule has 2 N–H and O–H groups in total. The first-order valence-corrected chi connectivity index (χ1v) is 6.59. The number of carbonyl (C=O) groups excluding carboxylic acids is 1. The summed E-state index contributed by atoms with van der Waals surface area (Å²) in [5, 5.41) is 11.2. The van der Waals surface area contributed by atoms with Gasteiger partial charge in [-0.3, -0.25) is 4.79 Å². The summed E-state index contributed by atoms with van der Waals surface area (Å²) in [5.41, 5.74) is 2.27. The molecular formula is C16H19NO4. The zero-order chi connectivity index (χ0) is 15.8. The highest BCUT2D eigenvalue weighted by atomic mass is 16.5. The van der Waals surface area contributed by atoms with Crippen molar-refractivity contribution in [2.45, 2.75) is 32.7 Å². The predicted octanol–water partition coefficient (Wildman–Crippen LogP) is 1.67. The average molecular weight is 289 g/mol. The van der Waals surface area contributed by atoms with E-state index in [0.717, 1.165) is 5.56 Å². The number of benzene rings is 1. The van der Waals surface area contributed by atoms with E-state index in [-0.39, 0.29) is 19.4 Å². The standard InChI is InChI=1S/C16H19NO4/c1-4-5-14(16(19)20)17-15(18)8-9-21-13-7-6-11(2)12(3)10-13/h1,6-7,10,14H,5,8-9H2,2-3H3,(H,17,18)(H,19,20). The van der Waals surface area contributed by atoms with E-state index in [1.165, 1.54) is 5.56 Å². The molecule has 1 amide bonds. The maximum Gasteiger partial charge on any atom is 0.327 e. The van der Waals surface area contributed by atoms with Crippen LogP contribution in [0.2, 0.25) is 0 Å². The Morgan fingerprint density at radius 2 is 2.10 bits per heavy atom. The minimum atomic E-state index is -1.14. The molecule has 112 valence electrons. The van der Waals surface area contributed by atoms with Crippen molar-refractivity contribution in [3.8, 4) is 18.1 Å². The van der Waals surface area contributed by atoms with E-state index in [9.17, 15) is 9.59 Å². The van der Waals surface area contributed by atoms with Crippen LogP contribution in [0.3, 0.4) is 0 Å². The van der Waals surface area contributed by atoms with Gasteiger partial charge in [0.1, 0.15) is 11.8 Å². The van der Waals surface area contributed by atoms with E-state index < -0.39 is 17.9 Å². The summed E-state index contributed by atoms with van der Waals surface area (Å²) < 4.78 is 5.47. The van der Waals surface area contributed by atoms with Crippen molar-refractivity contribution in [2.24, 2.45) is 0 Å². The largest absolute Gasteiger partial charge is 0.493 e. The lowest BCUT2D eigenvalue weighted by atomic mass is 10.1. The number of hydrogen-bond donors (Lipinski definition) is 2. The van der Waals surface area contributed by atoms with Crippen molar-refractivity contribution in [1.82, 2.24) is 5.32 Å². The van der Waals surface area contributed by atoms with Gasteiger partial charge in [0.2, 0.25) is 5.91 Å². The Morgan fingerprint density at radius 3 is 2.67 bits per heavy atom. The second kappa shape index (κ2) is 7.95. The maximum absolute atomic E-state index is 11.6. The lowest BCUT2D eigenvalue weighted by Crippen LogP contribution is -2.40. The summed E-state index contributed by atoms with van der Waals surface area (Å²) in [4.78, 5) is 22.5. The molecule has 0 fully saturated rings. The Labute approximate surface area is 124 Å². The summed E-state index contributed by atoms with van der Waals surface area (Å²) in [7, 11) is 0. The molecule has 1 unspecified atom stereocenters. The zero-order valence-corrected chi connectivity index (χ0v) is 12.2. The monoisotopic (exact) mass is 289 g/mol. The number of aliphatic carboxylic acids is 1. The third kappa shape index (κ3) is 5.57. The van der Waals surface area contributed by atoms with Crippen LogP contribution in [0.1, 0.15) is 24.0 Å². The van der Waals surface area contributed by atoms with Crippen molar-refractivity contribution in [2.75, 3.05) is 6.61 Å². The summed E-state index contributed by atoms with van der Waals surface area (Å²) in [6.07, 6.45) is 5.08. The van der Waals surface area contributed by atoms with Gasteiger partial charge in [-0.2, -0.15) is 0 Å². The molecule has 1 aromatic carbocycles. The van der Waals surface area contributed by atoms with Crippen molar-refractivity contribution < 1.29 is 19.4 Å². The molecule has 1 atom stereocenters. The number of aryl methyl sites for hydroxylation is 2. The Hall–Kier alpha value is -2.48. The highest BCUT2D eigenvalue weighted by Crippen LogP contribution is 2.16. The fourth-order valence-electron chi connectivity index (χ4n) is 1.65. The molecule has 0 aliphatic rings. The number of carbonyl (C=O) groups is 2. The quantitative estimate of drug-likeness (QED) is 0.749. The lowest BCUT2D eigenvalue weighted by Gasteiger charge is -2.12. The number of amides is 1. The predicted molar refractivity (Wildman–Crippen MR) is 79.0 cm³/mol. The Bertz CT molecular complexity index is 560. The van der Waals surface area contributed by atoms with E-state index in [0.29, 0.717) is 5.75 Å². The summed E-state index contributed by atoms with van der Waals surface area (Å²) in [5.74, 6) is 1.36. The summed E-state index contributed by atoms with van der Waals surface area (Å²) >= 11 is 0. The first-order chi connectivity index (χ1) is 9.93. The first-order valence-electron chi connectivity index (χ1n) is 6.59. The fourth-order valence-corrected chi connectivity index (χ4v) is 1.65. The number of carboxylic acids is 1. The van der Waals surface area contributed by atoms with Crippen LogP contribution in [0.4, 0.5) is 0 Å². The summed E-state index contributed by atoms with van der Waals surface area (Å²) in [6, 6.07) is 4.62. The van der Waals surface area contributed by atoms with Crippen LogP contribution in [-0.4, -0.2) is 29.6 Å². The molecule has 0 aromatic heterocycles. The highest BCUT2D eigenvalue weighted by molar-refractivity contribution is 5.83. The van der Waals surface area contributed by atoms with Gasteiger partial charge in [-0.05, 0) is 37.1 Å². The van der Waals surface area contributed by atoms with Crippen LogP contribution in [0.5, 0.6) is 5.75 Å². The molecule has 0 aliphatic carbocycles. The van der Waals surface area contributed by atoms with Crippen LogP contribution in [0.25, 0.3) is 0 Å². The topological polar surface area (TPSA) is 75.6 Å². The molecule has 0 radical (unpaired) electrons. The van der Waals surface area contributed by atoms with Gasteiger partial charge in [0.15, 0.2) is 0 Å². The number of hydrogen-bond acceptors (Lipinski definition) is 3.